The normalized spacial score (nSPS) is 21.2. The Hall–Kier alpha value is -1.39. The van der Waals surface area contributed by atoms with Gasteiger partial charge in [0.1, 0.15) is 17.7 Å². The SMILES string of the molecule is Cc1ccc(C2CC(O)c3cc(Br)ccc3O2)cc1F. The van der Waals surface area contributed by atoms with Gasteiger partial charge >= 0.3 is 0 Å². The van der Waals surface area contributed by atoms with Crippen molar-refractivity contribution in [2.24, 2.45) is 0 Å². The van der Waals surface area contributed by atoms with E-state index in [1.54, 1.807) is 13.0 Å². The molecule has 3 rings (SSSR count). The maximum Gasteiger partial charge on any atom is 0.127 e. The fraction of sp³-hybridized carbons (Fsp3) is 0.250. The number of aliphatic hydroxyl groups excluding tert-OH is 1. The Bertz CT molecular complexity index is 657. The molecule has 104 valence electrons. The van der Waals surface area contributed by atoms with Gasteiger partial charge in [0.25, 0.3) is 0 Å². The van der Waals surface area contributed by atoms with Gasteiger partial charge in [0.05, 0.1) is 6.10 Å². The summed E-state index contributed by atoms with van der Waals surface area (Å²) in [6.45, 7) is 1.72. The number of fused-ring (bicyclic) bond motifs is 1. The van der Waals surface area contributed by atoms with E-state index in [0.29, 0.717) is 17.7 Å². The predicted molar refractivity (Wildman–Crippen MR) is 78.2 cm³/mol. The summed E-state index contributed by atoms with van der Waals surface area (Å²) in [5, 5.41) is 10.2. The summed E-state index contributed by atoms with van der Waals surface area (Å²) in [5.74, 6) is 0.403. The molecule has 0 fully saturated rings. The van der Waals surface area contributed by atoms with Gasteiger partial charge in [-0.1, -0.05) is 28.1 Å². The zero-order valence-corrected chi connectivity index (χ0v) is 12.5. The van der Waals surface area contributed by atoms with Crippen molar-refractivity contribution in [1.29, 1.82) is 0 Å². The van der Waals surface area contributed by atoms with Crippen molar-refractivity contribution in [1.82, 2.24) is 0 Å². The van der Waals surface area contributed by atoms with E-state index in [1.165, 1.54) is 6.07 Å². The third-order valence-electron chi connectivity index (χ3n) is 3.61. The van der Waals surface area contributed by atoms with Crippen LogP contribution in [0.15, 0.2) is 40.9 Å². The third-order valence-corrected chi connectivity index (χ3v) is 4.10. The Morgan fingerprint density at radius 1 is 1.25 bits per heavy atom. The summed E-state index contributed by atoms with van der Waals surface area (Å²) in [6.07, 6.45) is -0.509. The van der Waals surface area contributed by atoms with Crippen LogP contribution in [0.25, 0.3) is 0 Å². The van der Waals surface area contributed by atoms with Crippen LogP contribution < -0.4 is 4.74 Å². The van der Waals surface area contributed by atoms with Gasteiger partial charge in [-0.05, 0) is 42.3 Å². The van der Waals surface area contributed by atoms with Crippen LogP contribution in [-0.2, 0) is 0 Å². The topological polar surface area (TPSA) is 29.5 Å². The van der Waals surface area contributed by atoms with E-state index < -0.39 is 6.10 Å². The van der Waals surface area contributed by atoms with Gasteiger partial charge in [-0.2, -0.15) is 0 Å². The summed E-state index contributed by atoms with van der Waals surface area (Å²) >= 11 is 3.38. The van der Waals surface area contributed by atoms with Crippen LogP contribution in [0.3, 0.4) is 0 Å². The Morgan fingerprint density at radius 3 is 2.80 bits per heavy atom. The Kier molecular flexibility index (Phi) is 3.52. The van der Waals surface area contributed by atoms with Gasteiger partial charge in [0.15, 0.2) is 0 Å². The molecule has 0 saturated carbocycles. The molecule has 1 heterocycles. The Labute approximate surface area is 125 Å². The quantitative estimate of drug-likeness (QED) is 0.833. The molecule has 0 amide bonds. The maximum atomic E-state index is 13.7. The first kappa shape index (κ1) is 13.6. The molecule has 0 radical (unpaired) electrons. The van der Waals surface area contributed by atoms with Crippen LogP contribution in [0.2, 0.25) is 0 Å². The van der Waals surface area contributed by atoms with Crippen molar-refractivity contribution in [3.05, 3.63) is 63.4 Å². The average molecular weight is 337 g/mol. The number of hydrogen-bond acceptors (Lipinski definition) is 2. The number of ether oxygens (including phenoxy) is 1. The molecule has 1 aliphatic heterocycles. The van der Waals surface area contributed by atoms with E-state index in [2.05, 4.69) is 15.9 Å². The van der Waals surface area contributed by atoms with Gasteiger partial charge in [-0.15, -0.1) is 0 Å². The molecule has 4 heteroatoms. The number of hydrogen-bond donors (Lipinski definition) is 1. The van der Waals surface area contributed by atoms with Crippen LogP contribution in [0, 0.1) is 12.7 Å². The first-order valence-corrected chi connectivity index (χ1v) is 7.24. The summed E-state index contributed by atoms with van der Waals surface area (Å²) in [7, 11) is 0. The van der Waals surface area contributed by atoms with Crippen LogP contribution in [0.1, 0.15) is 35.3 Å². The van der Waals surface area contributed by atoms with E-state index >= 15 is 0 Å². The van der Waals surface area contributed by atoms with Crippen LogP contribution in [0.5, 0.6) is 5.75 Å². The number of aryl methyl sites for hydroxylation is 1. The van der Waals surface area contributed by atoms with Gasteiger partial charge in [0, 0.05) is 16.5 Å². The molecule has 0 saturated heterocycles. The summed E-state index contributed by atoms with van der Waals surface area (Å²) in [4.78, 5) is 0. The minimum atomic E-state index is -0.606. The van der Waals surface area contributed by atoms with Gasteiger partial charge in [-0.3, -0.25) is 0 Å². The minimum Gasteiger partial charge on any atom is -0.485 e. The highest BCUT2D eigenvalue weighted by molar-refractivity contribution is 9.10. The van der Waals surface area contributed by atoms with Crippen molar-refractivity contribution in [3.8, 4) is 5.75 Å². The van der Waals surface area contributed by atoms with Gasteiger partial charge < -0.3 is 9.84 Å². The van der Waals surface area contributed by atoms with Crippen LogP contribution >= 0.6 is 15.9 Å². The lowest BCUT2D eigenvalue weighted by Crippen LogP contribution is -2.19. The molecular formula is C16H14BrFO2. The van der Waals surface area contributed by atoms with Crippen molar-refractivity contribution in [2.75, 3.05) is 0 Å². The van der Waals surface area contributed by atoms with E-state index in [0.717, 1.165) is 15.6 Å². The minimum absolute atomic E-state index is 0.248. The van der Waals surface area contributed by atoms with E-state index in [4.69, 9.17) is 4.74 Å². The zero-order chi connectivity index (χ0) is 14.3. The second-order valence-electron chi connectivity index (χ2n) is 5.05. The molecule has 2 nitrogen and oxygen atoms in total. The lowest BCUT2D eigenvalue weighted by Gasteiger charge is -2.30. The molecule has 2 aromatic rings. The van der Waals surface area contributed by atoms with Gasteiger partial charge in [-0.25, -0.2) is 4.39 Å². The fourth-order valence-electron chi connectivity index (χ4n) is 2.43. The molecule has 1 N–H and O–H groups in total. The summed E-state index contributed by atoms with van der Waals surface area (Å²) in [5.41, 5.74) is 2.12. The lowest BCUT2D eigenvalue weighted by atomic mass is 9.94. The largest absolute Gasteiger partial charge is 0.485 e. The second kappa shape index (κ2) is 5.19. The van der Waals surface area contributed by atoms with E-state index in [-0.39, 0.29) is 11.9 Å². The highest BCUT2D eigenvalue weighted by atomic mass is 79.9. The monoisotopic (exact) mass is 336 g/mol. The highest BCUT2D eigenvalue weighted by Crippen LogP contribution is 2.41. The first-order chi connectivity index (χ1) is 9.54. The lowest BCUT2D eigenvalue weighted by molar-refractivity contribution is 0.0655. The molecule has 0 aromatic heterocycles. The molecule has 0 bridgehead atoms. The first-order valence-electron chi connectivity index (χ1n) is 6.45. The molecule has 20 heavy (non-hydrogen) atoms. The van der Waals surface area contributed by atoms with Crippen molar-refractivity contribution < 1.29 is 14.2 Å². The fourth-order valence-corrected chi connectivity index (χ4v) is 2.81. The number of benzene rings is 2. The third kappa shape index (κ3) is 2.45. The van der Waals surface area contributed by atoms with Crippen molar-refractivity contribution >= 4 is 15.9 Å². The number of rotatable bonds is 1. The maximum absolute atomic E-state index is 13.7. The second-order valence-corrected chi connectivity index (χ2v) is 5.96. The Balaban J connectivity index is 1.94. The van der Waals surface area contributed by atoms with Crippen LogP contribution in [-0.4, -0.2) is 5.11 Å². The molecular weight excluding hydrogens is 323 g/mol. The van der Waals surface area contributed by atoms with Crippen molar-refractivity contribution in [3.63, 3.8) is 0 Å². The number of aliphatic hydroxyl groups is 1. The summed E-state index contributed by atoms with van der Waals surface area (Å²) in [6, 6.07) is 10.6. The van der Waals surface area contributed by atoms with Crippen LogP contribution in [0.4, 0.5) is 4.39 Å². The number of halogens is 2. The van der Waals surface area contributed by atoms with Crippen molar-refractivity contribution in [2.45, 2.75) is 25.6 Å². The molecule has 1 aliphatic rings. The zero-order valence-electron chi connectivity index (χ0n) is 10.9. The molecule has 2 aromatic carbocycles. The summed E-state index contributed by atoms with van der Waals surface area (Å²) < 4.78 is 20.4. The molecule has 0 aliphatic carbocycles. The van der Waals surface area contributed by atoms with E-state index in [9.17, 15) is 9.50 Å². The highest BCUT2D eigenvalue weighted by Gasteiger charge is 2.28. The van der Waals surface area contributed by atoms with Gasteiger partial charge in [0.2, 0.25) is 0 Å². The van der Waals surface area contributed by atoms with E-state index in [1.807, 2.05) is 24.3 Å². The smallest absolute Gasteiger partial charge is 0.127 e. The molecule has 2 atom stereocenters. The molecule has 0 spiro atoms. The average Bonchev–Trinajstić information content (AvgIpc) is 2.42. The standard InChI is InChI=1S/C16H14BrFO2/c1-9-2-3-10(6-13(9)18)16-8-14(19)12-7-11(17)4-5-15(12)20-16/h2-7,14,16,19H,8H2,1H3. The predicted octanol–water partition coefficient (Wildman–Crippen LogP) is 4.45. The molecule has 2 unspecified atom stereocenters. The Morgan fingerprint density at radius 2 is 2.05 bits per heavy atom.